The average Bonchev–Trinajstić information content (AvgIpc) is 2.43. The van der Waals surface area contributed by atoms with Crippen molar-refractivity contribution in [2.45, 2.75) is 37.8 Å². The fraction of sp³-hybridized carbons (Fsp3) is 0.455. The Hall–Kier alpha value is -0.190. The van der Waals surface area contributed by atoms with Crippen molar-refractivity contribution in [2.75, 3.05) is 0 Å². The first-order valence-electron chi connectivity index (χ1n) is 4.87. The summed E-state index contributed by atoms with van der Waals surface area (Å²) in [4.78, 5) is 0.944. The molecule has 1 atom stereocenters. The minimum Gasteiger partial charge on any atom is -0.237 e. The topological polar surface area (TPSA) is 20.3 Å². The molecule has 0 fully saturated rings. The van der Waals surface area contributed by atoms with Crippen LogP contribution < -0.4 is 0 Å². The zero-order valence-corrected chi connectivity index (χ0v) is 11.5. The second-order valence-corrected chi connectivity index (χ2v) is 7.00. The molecule has 0 bridgehead atoms. The Labute approximate surface area is 101 Å². The molecular formula is C11H14BrNOS. The molecule has 0 N–H and O–H groups in total. The number of nitrogens with zero attached hydrogens (tertiary/aromatic N) is 1. The van der Waals surface area contributed by atoms with Gasteiger partial charge < -0.3 is 0 Å². The number of halogens is 1. The molecule has 0 spiro atoms. The van der Waals surface area contributed by atoms with Crippen LogP contribution in [0.3, 0.4) is 0 Å². The van der Waals surface area contributed by atoms with Crippen molar-refractivity contribution in [2.24, 2.45) is 0 Å². The monoisotopic (exact) mass is 287 g/mol. The van der Waals surface area contributed by atoms with E-state index in [9.17, 15) is 4.21 Å². The molecule has 4 heteroatoms. The van der Waals surface area contributed by atoms with E-state index in [0.29, 0.717) is 0 Å². The third kappa shape index (κ3) is 2.03. The largest absolute Gasteiger partial charge is 0.237 e. The van der Waals surface area contributed by atoms with Gasteiger partial charge in [-0.15, -0.1) is 0 Å². The molecule has 1 aliphatic rings. The number of benzene rings is 1. The van der Waals surface area contributed by atoms with Crippen LogP contribution in [0.15, 0.2) is 27.6 Å². The van der Waals surface area contributed by atoms with Crippen LogP contribution >= 0.6 is 15.9 Å². The van der Waals surface area contributed by atoms with Gasteiger partial charge in [-0.25, -0.2) is 8.51 Å². The fourth-order valence-corrected chi connectivity index (χ4v) is 3.73. The summed E-state index contributed by atoms with van der Waals surface area (Å²) in [5.74, 6) is 0. The summed E-state index contributed by atoms with van der Waals surface area (Å²) in [5.41, 5.74) is 1.11. The molecule has 1 heterocycles. The maximum Gasteiger partial charge on any atom is 0.128 e. The molecule has 0 saturated carbocycles. The third-order valence-corrected chi connectivity index (χ3v) is 4.81. The lowest BCUT2D eigenvalue weighted by Gasteiger charge is -2.29. The van der Waals surface area contributed by atoms with Gasteiger partial charge in [-0.1, -0.05) is 22.0 Å². The highest BCUT2D eigenvalue weighted by Gasteiger charge is 2.34. The highest BCUT2D eigenvalue weighted by molar-refractivity contribution is 9.10. The number of hydrogen-bond donors (Lipinski definition) is 0. The van der Waals surface area contributed by atoms with Crippen molar-refractivity contribution in [1.29, 1.82) is 0 Å². The highest BCUT2D eigenvalue weighted by Crippen LogP contribution is 2.34. The zero-order chi connectivity index (χ0) is 11.2. The molecule has 82 valence electrons. The van der Waals surface area contributed by atoms with Gasteiger partial charge in [0.2, 0.25) is 0 Å². The highest BCUT2D eigenvalue weighted by atomic mass is 79.9. The molecule has 2 rings (SSSR count). The fourth-order valence-electron chi connectivity index (χ4n) is 1.64. The molecule has 0 aliphatic carbocycles. The van der Waals surface area contributed by atoms with Crippen molar-refractivity contribution in [3.05, 3.63) is 28.2 Å². The predicted molar refractivity (Wildman–Crippen MR) is 65.8 cm³/mol. The Bertz CT molecular complexity index is 425. The third-order valence-electron chi connectivity index (χ3n) is 2.48. The predicted octanol–water partition coefficient (Wildman–Crippen LogP) is 3.09. The van der Waals surface area contributed by atoms with Crippen molar-refractivity contribution in [1.82, 2.24) is 4.31 Å². The Morgan fingerprint density at radius 1 is 1.40 bits per heavy atom. The molecule has 2 nitrogen and oxygen atoms in total. The zero-order valence-electron chi connectivity index (χ0n) is 9.08. The minimum absolute atomic E-state index is 0.0592. The number of hydrogen-bond acceptors (Lipinski definition) is 1. The van der Waals surface area contributed by atoms with Gasteiger partial charge in [-0.2, -0.15) is 0 Å². The molecule has 0 amide bonds. The maximum absolute atomic E-state index is 12.2. The van der Waals surface area contributed by atoms with Crippen molar-refractivity contribution in [3.63, 3.8) is 0 Å². The van der Waals surface area contributed by atoms with E-state index in [4.69, 9.17) is 0 Å². The average molecular weight is 288 g/mol. The van der Waals surface area contributed by atoms with Crippen molar-refractivity contribution in [3.8, 4) is 0 Å². The first-order chi connectivity index (χ1) is 6.89. The van der Waals surface area contributed by atoms with E-state index < -0.39 is 11.0 Å². The van der Waals surface area contributed by atoms with E-state index in [0.717, 1.165) is 15.9 Å². The Balaban J connectivity index is 2.42. The first-order valence-corrected chi connectivity index (χ1v) is 6.77. The van der Waals surface area contributed by atoms with Crippen LogP contribution in [0.1, 0.15) is 26.3 Å². The van der Waals surface area contributed by atoms with Gasteiger partial charge in [0.1, 0.15) is 11.0 Å². The van der Waals surface area contributed by atoms with Crippen LogP contribution in [0.4, 0.5) is 0 Å². The quantitative estimate of drug-likeness (QED) is 0.718. The van der Waals surface area contributed by atoms with Crippen LogP contribution in [0.5, 0.6) is 0 Å². The Morgan fingerprint density at radius 2 is 2.07 bits per heavy atom. The molecule has 1 aromatic carbocycles. The number of fused-ring (bicyclic) bond motifs is 1. The van der Waals surface area contributed by atoms with E-state index in [1.165, 1.54) is 5.56 Å². The van der Waals surface area contributed by atoms with Gasteiger partial charge >= 0.3 is 0 Å². The lowest BCUT2D eigenvalue weighted by Crippen LogP contribution is -2.38. The van der Waals surface area contributed by atoms with Gasteiger partial charge in [0.05, 0.1) is 4.90 Å². The number of rotatable bonds is 0. The summed E-state index contributed by atoms with van der Waals surface area (Å²) < 4.78 is 15.2. The Morgan fingerprint density at radius 3 is 2.67 bits per heavy atom. The van der Waals surface area contributed by atoms with Crippen molar-refractivity contribution < 1.29 is 4.21 Å². The Kier molecular flexibility index (Phi) is 2.77. The molecule has 0 saturated heterocycles. The van der Waals surface area contributed by atoms with Gasteiger partial charge in [-0.05, 0) is 38.5 Å². The summed E-state index contributed by atoms with van der Waals surface area (Å²) in [6.45, 7) is 7.04. The molecule has 1 aliphatic heterocycles. The van der Waals surface area contributed by atoms with Crippen LogP contribution in [0, 0.1) is 0 Å². The summed E-state index contributed by atoms with van der Waals surface area (Å²) in [6.07, 6.45) is 0. The van der Waals surface area contributed by atoms with E-state index in [-0.39, 0.29) is 5.54 Å². The normalized spacial score (nSPS) is 21.7. The molecular weight excluding hydrogens is 274 g/mol. The van der Waals surface area contributed by atoms with E-state index in [2.05, 4.69) is 36.7 Å². The molecule has 0 aromatic heterocycles. The molecule has 1 unspecified atom stereocenters. The van der Waals surface area contributed by atoms with Gasteiger partial charge in [0, 0.05) is 16.6 Å². The van der Waals surface area contributed by atoms with Crippen molar-refractivity contribution >= 4 is 26.9 Å². The summed E-state index contributed by atoms with van der Waals surface area (Å²) in [6, 6.07) is 6.00. The maximum atomic E-state index is 12.2. The standard InChI is InChI=1S/C11H14BrNOS/c1-11(2,3)13-7-8-4-5-9(12)6-10(8)15(13)14/h4-6H,7H2,1-3H3. The summed E-state index contributed by atoms with van der Waals surface area (Å²) >= 11 is 3.41. The smallest absolute Gasteiger partial charge is 0.128 e. The van der Waals surface area contributed by atoms with Gasteiger partial charge in [-0.3, -0.25) is 0 Å². The van der Waals surface area contributed by atoms with Crippen LogP contribution in [-0.4, -0.2) is 14.1 Å². The summed E-state index contributed by atoms with van der Waals surface area (Å²) in [7, 11) is -1.01. The van der Waals surface area contributed by atoms with Gasteiger partial charge in [0.25, 0.3) is 0 Å². The second-order valence-electron chi connectivity index (χ2n) is 4.71. The SMILES string of the molecule is CC(C)(C)N1Cc2ccc(Br)cc2S1=O. The second kappa shape index (κ2) is 3.68. The van der Waals surface area contributed by atoms with Crippen LogP contribution in [-0.2, 0) is 17.5 Å². The molecule has 0 radical (unpaired) electrons. The van der Waals surface area contributed by atoms with Crippen LogP contribution in [0.2, 0.25) is 0 Å². The molecule has 15 heavy (non-hydrogen) atoms. The lowest BCUT2D eigenvalue weighted by atomic mass is 10.1. The van der Waals surface area contributed by atoms with Crippen LogP contribution in [0.25, 0.3) is 0 Å². The van der Waals surface area contributed by atoms with E-state index >= 15 is 0 Å². The first kappa shape index (κ1) is 11.3. The lowest BCUT2D eigenvalue weighted by molar-refractivity contribution is 0.264. The van der Waals surface area contributed by atoms with Gasteiger partial charge in [0.15, 0.2) is 0 Å². The molecule has 1 aromatic rings. The van der Waals surface area contributed by atoms with E-state index in [1.54, 1.807) is 0 Å². The minimum atomic E-state index is -1.01. The van der Waals surface area contributed by atoms with E-state index in [1.807, 2.05) is 22.5 Å². The summed E-state index contributed by atoms with van der Waals surface area (Å²) in [5, 5.41) is 0.